The molecule has 25 heavy (non-hydrogen) atoms. The van der Waals surface area contributed by atoms with Gasteiger partial charge in [0.25, 0.3) is 0 Å². The molecule has 0 spiro atoms. The predicted octanol–water partition coefficient (Wildman–Crippen LogP) is 4.18. The Morgan fingerprint density at radius 1 is 1.16 bits per heavy atom. The Balaban J connectivity index is 1.94. The first-order chi connectivity index (χ1) is 11.7. The minimum absolute atomic E-state index is 0.0540. The smallest absolute Gasteiger partial charge is 0.238 e. The van der Waals surface area contributed by atoms with E-state index in [1.807, 2.05) is 11.9 Å². The van der Waals surface area contributed by atoms with Crippen molar-refractivity contribution in [3.05, 3.63) is 26.2 Å². The zero-order valence-corrected chi connectivity index (χ0v) is 16.9. The standard InChI is InChI=1S/C16H19Cl4N3O2/c1-9(24)22(2)10-3-5-23(6-4-10)8-13(25)21-16-14(19)11(17)7-12(18)15(16)20/h7,10H,3-6,8H2,1-2H3,(H,21,25). The highest BCUT2D eigenvalue weighted by molar-refractivity contribution is 6.50. The summed E-state index contributed by atoms with van der Waals surface area (Å²) in [6, 6.07) is 1.65. The molecule has 0 atom stereocenters. The number of carbonyl (C=O) groups excluding carboxylic acids is 2. The molecule has 0 aromatic heterocycles. The minimum atomic E-state index is -0.250. The third-order valence-corrected chi connectivity index (χ3v) is 5.92. The van der Waals surface area contributed by atoms with Crippen LogP contribution in [0.25, 0.3) is 0 Å². The van der Waals surface area contributed by atoms with Gasteiger partial charge in [-0.05, 0) is 18.9 Å². The van der Waals surface area contributed by atoms with Gasteiger partial charge in [0.15, 0.2) is 0 Å². The van der Waals surface area contributed by atoms with Crippen LogP contribution in [0.15, 0.2) is 6.07 Å². The Morgan fingerprint density at radius 3 is 2.16 bits per heavy atom. The highest BCUT2D eigenvalue weighted by atomic mass is 35.5. The predicted molar refractivity (Wildman–Crippen MR) is 103 cm³/mol. The molecule has 1 fully saturated rings. The molecule has 1 saturated heterocycles. The monoisotopic (exact) mass is 425 g/mol. The van der Waals surface area contributed by atoms with Gasteiger partial charge in [-0.3, -0.25) is 14.5 Å². The number of rotatable bonds is 4. The summed E-state index contributed by atoms with van der Waals surface area (Å²) in [5.41, 5.74) is 0.219. The van der Waals surface area contributed by atoms with E-state index < -0.39 is 0 Å². The topological polar surface area (TPSA) is 52.7 Å². The summed E-state index contributed by atoms with van der Waals surface area (Å²) >= 11 is 24.1. The number of hydrogen-bond donors (Lipinski definition) is 1. The minimum Gasteiger partial charge on any atom is -0.343 e. The Labute approximate surface area is 167 Å². The second-order valence-electron chi connectivity index (χ2n) is 6.03. The van der Waals surface area contributed by atoms with E-state index in [2.05, 4.69) is 5.32 Å². The van der Waals surface area contributed by atoms with Gasteiger partial charge in [0.2, 0.25) is 11.8 Å². The van der Waals surface area contributed by atoms with E-state index in [0.717, 1.165) is 25.9 Å². The van der Waals surface area contributed by atoms with Crippen molar-refractivity contribution >= 4 is 63.9 Å². The maximum absolute atomic E-state index is 12.3. The van der Waals surface area contributed by atoms with Gasteiger partial charge in [0.1, 0.15) is 0 Å². The lowest BCUT2D eigenvalue weighted by atomic mass is 10.0. The van der Waals surface area contributed by atoms with E-state index in [9.17, 15) is 9.59 Å². The second kappa shape index (κ2) is 8.78. The van der Waals surface area contributed by atoms with Crippen molar-refractivity contribution in [3.63, 3.8) is 0 Å². The molecule has 1 N–H and O–H groups in total. The average Bonchev–Trinajstić information content (AvgIpc) is 2.57. The van der Waals surface area contributed by atoms with E-state index >= 15 is 0 Å². The van der Waals surface area contributed by atoms with Crippen molar-refractivity contribution in [1.82, 2.24) is 9.80 Å². The molecule has 1 aromatic rings. The normalized spacial score (nSPS) is 15.9. The van der Waals surface area contributed by atoms with Crippen molar-refractivity contribution < 1.29 is 9.59 Å². The van der Waals surface area contributed by atoms with Crippen LogP contribution < -0.4 is 5.32 Å². The summed E-state index contributed by atoms with van der Waals surface area (Å²) in [6.07, 6.45) is 1.65. The highest BCUT2D eigenvalue weighted by Crippen LogP contribution is 2.41. The molecular weight excluding hydrogens is 408 g/mol. The first-order valence-corrected chi connectivity index (χ1v) is 9.30. The zero-order valence-electron chi connectivity index (χ0n) is 13.9. The van der Waals surface area contributed by atoms with Gasteiger partial charge in [0.05, 0.1) is 32.3 Å². The molecular formula is C16H19Cl4N3O2. The van der Waals surface area contributed by atoms with Crippen LogP contribution in [0, 0.1) is 0 Å². The Morgan fingerprint density at radius 2 is 1.68 bits per heavy atom. The molecule has 2 rings (SSSR count). The number of halogens is 4. The number of nitrogens with one attached hydrogen (secondary N) is 1. The summed E-state index contributed by atoms with van der Waals surface area (Å²) in [7, 11) is 1.81. The molecule has 1 heterocycles. The number of benzene rings is 1. The summed E-state index contributed by atoms with van der Waals surface area (Å²) in [4.78, 5) is 27.5. The molecule has 0 saturated carbocycles. The molecule has 0 aliphatic carbocycles. The number of nitrogens with zero attached hydrogens (tertiary/aromatic N) is 2. The number of amides is 2. The van der Waals surface area contributed by atoms with Crippen LogP contribution in [0.1, 0.15) is 19.8 Å². The molecule has 5 nitrogen and oxygen atoms in total. The van der Waals surface area contributed by atoms with E-state index in [0.29, 0.717) is 0 Å². The molecule has 0 bridgehead atoms. The quantitative estimate of drug-likeness (QED) is 0.734. The van der Waals surface area contributed by atoms with Gasteiger partial charge in [0, 0.05) is 33.1 Å². The summed E-state index contributed by atoms with van der Waals surface area (Å²) in [5, 5.41) is 3.44. The number of anilines is 1. The van der Waals surface area contributed by atoms with Crippen LogP contribution in [0.3, 0.4) is 0 Å². The van der Waals surface area contributed by atoms with Crippen molar-refractivity contribution in [3.8, 4) is 0 Å². The summed E-state index contributed by atoms with van der Waals surface area (Å²) in [6.45, 7) is 3.22. The molecule has 1 aliphatic rings. The van der Waals surface area contributed by atoms with Crippen molar-refractivity contribution in [2.45, 2.75) is 25.8 Å². The molecule has 2 amide bonds. The van der Waals surface area contributed by atoms with Crippen LogP contribution >= 0.6 is 46.4 Å². The van der Waals surface area contributed by atoms with E-state index in [1.165, 1.54) is 6.07 Å². The maximum Gasteiger partial charge on any atom is 0.238 e. The summed E-state index contributed by atoms with van der Waals surface area (Å²) < 4.78 is 0. The van der Waals surface area contributed by atoms with Gasteiger partial charge in [-0.25, -0.2) is 0 Å². The SMILES string of the molecule is CC(=O)N(C)C1CCN(CC(=O)Nc2c(Cl)c(Cl)cc(Cl)c2Cl)CC1. The fourth-order valence-electron chi connectivity index (χ4n) is 2.79. The molecule has 138 valence electrons. The van der Waals surface area contributed by atoms with E-state index in [4.69, 9.17) is 46.4 Å². The molecule has 1 aromatic carbocycles. The van der Waals surface area contributed by atoms with Gasteiger partial charge in [-0.2, -0.15) is 0 Å². The lowest BCUT2D eigenvalue weighted by Crippen LogP contribution is -2.46. The van der Waals surface area contributed by atoms with Crippen molar-refractivity contribution in [2.24, 2.45) is 0 Å². The van der Waals surface area contributed by atoms with Crippen LogP contribution in [0.4, 0.5) is 5.69 Å². The number of carbonyl (C=O) groups is 2. The van der Waals surface area contributed by atoms with Crippen LogP contribution in [-0.4, -0.2) is 54.3 Å². The van der Waals surface area contributed by atoms with Gasteiger partial charge >= 0.3 is 0 Å². The van der Waals surface area contributed by atoms with Crippen LogP contribution in [-0.2, 0) is 9.59 Å². The largest absolute Gasteiger partial charge is 0.343 e. The number of likely N-dealkylation sites (tertiary alicyclic amines) is 1. The lowest BCUT2D eigenvalue weighted by molar-refractivity contribution is -0.130. The maximum atomic E-state index is 12.3. The fourth-order valence-corrected chi connectivity index (χ4v) is 3.69. The van der Waals surface area contributed by atoms with Crippen LogP contribution in [0.2, 0.25) is 20.1 Å². The fraction of sp³-hybridized carbons (Fsp3) is 0.500. The summed E-state index contributed by atoms with van der Waals surface area (Å²) in [5.74, 6) is -0.196. The highest BCUT2D eigenvalue weighted by Gasteiger charge is 2.25. The van der Waals surface area contributed by atoms with Gasteiger partial charge in [-0.1, -0.05) is 46.4 Å². The second-order valence-corrected chi connectivity index (χ2v) is 7.60. The Hall–Kier alpha value is -0.720. The molecule has 0 radical (unpaired) electrons. The number of hydrogen-bond acceptors (Lipinski definition) is 3. The van der Waals surface area contributed by atoms with Crippen molar-refractivity contribution in [1.29, 1.82) is 0 Å². The first-order valence-electron chi connectivity index (χ1n) is 7.79. The Kier molecular flexibility index (Phi) is 7.23. The molecule has 1 aliphatic heterocycles. The Bertz CT molecular complexity index is 650. The first kappa shape index (κ1) is 20.6. The van der Waals surface area contributed by atoms with Crippen LogP contribution in [0.5, 0.6) is 0 Å². The van der Waals surface area contributed by atoms with E-state index in [-0.39, 0.29) is 50.2 Å². The third-order valence-electron chi connectivity index (χ3n) is 4.34. The van der Waals surface area contributed by atoms with Gasteiger partial charge < -0.3 is 10.2 Å². The average molecular weight is 427 g/mol. The molecule has 9 heteroatoms. The zero-order chi connectivity index (χ0) is 18.7. The van der Waals surface area contributed by atoms with Crippen molar-refractivity contribution in [2.75, 3.05) is 32.0 Å². The van der Waals surface area contributed by atoms with E-state index in [1.54, 1.807) is 11.8 Å². The van der Waals surface area contributed by atoms with Gasteiger partial charge in [-0.15, -0.1) is 0 Å². The molecule has 0 unspecified atom stereocenters. The lowest BCUT2D eigenvalue weighted by Gasteiger charge is -2.36. The third kappa shape index (κ3) is 5.14. The number of piperidine rings is 1.